The van der Waals surface area contributed by atoms with Gasteiger partial charge in [0.2, 0.25) is 5.95 Å². The first-order chi connectivity index (χ1) is 13.4. The third-order valence-electron chi connectivity index (χ3n) is 4.11. The van der Waals surface area contributed by atoms with E-state index in [4.69, 9.17) is 4.74 Å². The fraction of sp³-hybridized carbons (Fsp3) is 0.412. The number of para-hydroxylation sites is 1. The van der Waals surface area contributed by atoms with E-state index in [-0.39, 0.29) is 24.1 Å². The Hall–Kier alpha value is -3.11. The second-order valence-corrected chi connectivity index (χ2v) is 6.08. The number of amides is 2. The molecule has 1 saturated heterocycles. The Kier molecular flexibility index (Phi) is 5.81. The Labute approximate surface area is 159 Å². The molecular formula is C17H19F3N6O2. The molecule has 1 aromatic heterocycles. The summed E-state index contributed by atoms with van der Waals surface area (Å²) in [6.45, 7) is 1.53. The molecule has 8 nitrogen and oxygen atoms in total. The quantitative estimate of drug-likeness (QED) is 0.808. The van der Waals surface area contributed by atoms with Crippen LogP contribution in [0.4, 0.5) is 29.6 Å². The lowest BCUT2D eigenvalue weighted by Crippen LogP contribution is -2.30. The zero-order valence-corrected chi connectivity index (χ0v) is 15.1. The van der Waals surface area contributed by atoms with Crippen molar-refractivity contribution in [3.05, 3.63) is 35.7 Å². The average molecular weight is 396 g/mol. The molecule has 0 aliphatic carbocycles. The van der Waals surface area contributed by atoms with Gasteiger partial charge in [0.1, 0.15) is 0 Å². The summed E-state index contributed by atoms with van der Waals surface area (Å²) in [5, 5.41) is 4.65. The highest BCUT2D eigenvalue weighted by Crippen LogP contribution is 2.34. The van der Waals surface area contributed by atoms with Gasteiger partial charge in [-0.15, -0.1) is 0 Å². The summed E-state index contributed by atoms with van der Waals surface area (Å²) in [5.74, 6) is 0.692. The zero-order chi connectivity index (χ0) is 20.1. The van der Waals surface area contributed by atoms with E-state index in [1.807, 2.05) is 4.90 Å². The molecular weight excluding hydrogens is 377 g/mol. The van der Waals surface area contributed by atoms with Gasteiger partial charge in [0.05, 0.1) is 24.9 Å². The van der Waals surface area contributed by atoms with Gasteiger partial charge in [0.25, 0.3) is 0 Å². The number of benzene rings is 1. The van der Waals surface area contributed by atoms with Gasteiger partial charge < -0.3 is 20.3 Å². The minimum Gasteiger partial charge on any atom is -0.467 e. The number of methoxy groups -OCH3 is 1. The summed E-state index contributed by atoms with van der Waals surface area (Å²) >= 11 is 0. The Balaban J connectivity index is 1.67. The van der Waals surface area contributed by atoms with Crippen molar-refractivity contribution in [2.45, 2.75) is 25.6 Å². The molecule has 28 heavy (non-hydrogen) atoms. The van der Waals surface area contributed by atoms with Crippen LogP contribution in [0.5, 0.6) is 6.01 Å². The Bertz CT molecular complexity index is 840. The zero-order valence-electron chi connectivity index (χ0n) is 15.1. The molecule has 11 heteroatoms. The van der Waals surface area contributed by atoms with Crippen molar-refractivity contribution in [3.63, 3.8) is 0 Å². The van der Waals surface area contributed by atoms with E-state index in [1.165, 1.54) is 25.3 Å². The van der Waals surface area contributed by atoms with Crippen LogP contribution in [0.2, 0.25) is 0 Å². The number of aromatic nitrogens is 3. The third-order valence-corrected chi connectivity index (χ3v) is 4.11. The number of hydrogen-bond donors (Lipinski definition) is 2. The summed E-state index contributed by atoms with van der Waals surface area (Å²) in [5.41, 5.74) is -1.26. The molecule has 0 bridgehead atoms. The number of carbonyl (C=O) groups excluding carboxylic acids is 1. The average Bonchev–Trinajstić information content (AvgIpc) is 3.20. The highest BCUT2D eigenvalue weighted by molar-refractivity contribution is 5.90. The van der Waals surface area contributed by atoms with Crippen molar-refractivity contribution < 1.29 is 22.7 Å². The molecule has 150 valence electrons. The highest BCUT2D eigenvalue weighted by Gasteiger charge is 2.33. The van der Waals surface area contributed by atoms with Crippen LogP contribution < -0.4 is 20.3 Å². The summed E-state index contributed by atoms with van der Waals surface area (Å²) in [7, 11) is 1.42. The lowest BCUT2D eigenvalue weighted by atomic mass is 10.1. The minimum absolute atomic E-state index is 0.0975. The molecule has 1 fully saturated rings. The van der Waals surface area contributed by atoms with Gasteiger partial charge in [-0.2, -0.15) is 28.1 Å². The topological polar surface area (TPSA) is 92.3 Å². The van der Waals surface area contributed by atoms with Crippen molar-refractivity contribution in [3.8, 4) is 6.01 Å². The number of carbonyl (C=O) groups is 1. The van der Waals surface area contributed by atoms with Gasteiger partial charge in [-0.3, -0.25) is 0 Å². The van der Waals surface area contributed by atoms with E-state index in [0.717, 1.165) is 32.0 Å². The molecule has 0 saturated carbocycles. The molecule has 0 radical (unpaired) electrons. The first kappa shape index (κ1) is 19.6. The number of ether oxygens (including phenoxy) is 1. The molecule has 2 heterocycles. The normalized spacial score (nSPS) is 14.1. The predicted octanol–water partition coefficient (Wildman–Crippen LogP) is 2.82. The van der Waals surface area contributed by atoms with Crippen LogP contribution in [0.25, 0.3) is 0 Å². The number of urea groups is 1. The van der Waals surface area contributed by atoms with E-state index in [0.29, 0.717) is 5.95 Å². The summed E-state index contributed by atoms with van der Waals surface area (Å²) in [6, 6.07) is 4.04. The molecule has 0 spiro atoms. The van der Waals surface area contributed by atoms with Crippen molar-refractivity contribution in [1.29, 1.82) is 0 Å². The van der Waals surface area contributed by atoms with Crippen LogP contribution in [0.3, 0.4) is 0 Å². The number of rotatable bonds is 5. The van der Waals surface area contributed by atoms with E-state index >= 15 is 0 Å². The van der Waals surface area contributed by atoms with Gasteiger partial charge in [-0.05, 0) is 25.0 Å². The molecule has 0 atom stereocenters. The van der Waals surface area contributed by atoms with Gasteiger partial charge in [0.15, 0.2) is 5.82 Å². The van der Waals surface area contributed by atoms with Gasteiger partial charge in [-0.1, -0.05) is 12.1 Å². The second-order valence-electron chi connectivity index (χ2n) is 6.08. The lowest BCUT2D eigenvalue weighted by Gasteiger charge is -2.16. The Morgan fingerprint density at radius 2 is 1.89 bits per heavy atom. The monoisotopic (exact) mass is 396 g/mol. The van der Waals surface area contributed by atoms with Gasteiger partial charge >= 0.3 is 18.2 Å². The van der Waals surface area contributed by atoms with Gasteiger partial charge in [-0.25, -0.2) is 4.79 Å². The largest absolute Gasteiger partial charge is 0.467 e. The second kappa shape index (κ2) is 8.28. The SMILES string of the molecule is COc1nc(CNC(=O)Nc2ccccc2C(F)(F)F)nc(N2CCCC2)n1. The number of hydrogen-bond acceptors (Lipinski definition) is 6. The number of alkyl halides is 3. The number of anilines is 2. The van der Waals surface area contributed by atoms with Crippen LogP contribution in [0, 0.1) is 0 Å². The summed E-state index contributed by atoms with van der Waals surface area (Å²) in [6.07, 6.45) is -2.51. The molecule has 1 aliphatic heterocycles. The molecule has 1 aliphatic rings. The summed E-state index contributed by atoms with van der Waals surface area (Å²) in [4.78, 5) is 26.6. The standard InChI is InChI=1S/C17H19F3N6O2/c1-28-16-24-13(23-14(25-16)26-8-4-5-9-26)10-21-15(27)22-12-7-3-2-6-11(12)17(18,19)20/h2-3,6-7H,4-5,8-10H2,1H3,(H2,21,22,27). The maximum atomic E-state index is 13.0. The van der Waals surface area contributed by atoms with Crippen LogP contribution >= 0.6 is 0 Å². The minimum atomic E-state index is -4.57. The molecule has 2 amide bonds. The van der Waals surface area contributed by atoms with Gasteiger partial charge in [0, 0.05) is 13.1 Å². The third kappa shape index (κ3) is 4.78. The van der Waals surface area contributed by atoms with Crippen LogP contribution in [-0.4, -0.2) is 41.2 Å². The maximum absolute atomic E-state index is 13.0. The van der Waals surface area contributed by atoms with E-state index in [1.54, 1.807) is 0 Å². The van der Waals surface area contributed by atoms with Crippen molar-refractivity contribution in [1.82, 2.24) is 20.3 Å². The summed E-state index contributed by atoms with van der Waals surface area (Å²) < 4.78 is 44.1. The van der Waals surface area contributed by atoms with Crippen molar-refractivity contribution in [2.75, 3.05) is 30.4 Å². The van der Waals surface area contributed by atoms with Crippen LogP contribution in [0.1, 0.15) is 24.2 Å². The smallest absolute Gasteiger partial charge is 0.418 e. The van der Waals surface area contributed by atoms with E-state index in [2.05, 4.69) is 25.6 Å². The molecule has 2 N–H and O–H groups in total. The molecule has 2 aromatic rings. The molecule has 0 unspecified atom stereocenters. The first-order valence-electron chi connectivity index (χ1n) is 8.62. The molecule has 1 aromatic carbocycles. The Morgan fingerprint density at radius 1 is 1.18 bits per heavy atom. The van der Waals surface area contributed by atoms with Crippen molar-refractivity contribution in [2.24, 2.45) is 0 Å². The van der Waals surface area contributed by atoms with Crippen LogP contribution in [0.15, 0.2) is 24.3 Å². The van der Waals surface area contributed by atoms with Crippen LogP contribution in [-0.2, 0) is 12.7 Å². The Morgan fingerprint density at radius 3 is 2.57 bits per heavy atom. The highest BCUT2D eigenvalue weighted by atomic mass is 19.4. The van der Waals surface area contributed by atoms with Crippen molar-refractivity contribution >= 4 is 17.7 Å². The fourth-order valence-corrected chi connectivity index (χ4v) is 2.78. The number of nitrogens with one attached hydrogen (secondary N) is 2. The van der Waals surface area contributed by atoms with E-state index in [9.17, 15) is 18.0 Å². The predicted molar refractivity (Wildman–Crippen MR) is 95.1 cm³/mol. The first-order valence-corrected chi connectivity index (χ1v) is 8.62. The maximum Gasteiger partial charge on any atom is 0.418 e. The lowest BCUT2D eigenvalue weighted by molar-refractivity contribution is -0.136. The fourth-order valence-electron chi connectivity index (χ4n) is 2.78. The number of halogens is 3. The van der Waals surface area contributed by atoms with E-state index < -0.39 is 17.8 Å². The molecule has 3 rings (SSSR count). The number of nitrogens with zero attached hydrogens (tertiary/aromatic N) is 4.